The first kappa shape index (κ1) is 19.7. The average Bonchev–Trinajstić information content (AvgIpc) is 2.69. The molecule has 0 radical (unpaired) electrons. The highest BCUT2D eigenvalue weighted by molar-refractivity contribution is 7.89. The van der Waals surface area contributed by atoms with E-state index in [0.717, 1.165) is 24.3 Å². The van der Waals surface area contributed by atoms with Crippen molar-refractivity contribution in [3.63, 3.8) is 0 Å². The van der Waals surface area contributed by atoms with Gasteiger partial charge in [0.15, 0.2) is 0 Å². The van der Waals surface area contributed by atoms with Crippen molar-refractivity contribution in [3.8, 4) is 5.75 Å². The van der Waals surface area contributed by atoms with Gasteiger partial charge in [-0.3, -0.25) is 0 Å². The molecule has 0 atom stereocenters. The van der Waals surface area contributed by atoms with Gasteiger partial charge >= 0.3 is 0 Å². The molecule has 0 amide bonds. The van der Waals surface area contributed by atoms with Crippen molar-refractivity contribution in [1.29, 1.82) is 0 Å². The fourth-order valence-electron chi connectivity index (χ4n) is 3.43. The van der Waals surface area contributed by atoms with Crippen LogP contribution in [-0.2, 0) is 16.4 Å². The molecule has 0 aromatic heterocycles. The molecule has 0 saturated carbocycles. The Morgan fingerprint density at radius 3 is 2.22 bits per heavy atom. The lowest BCUT2D eigenvalue weighted by molar-refractivity contribution is 0.337. The molecule has 0 unspecified atom stereocenters. The van der Waals surface area contributed by atoms with Gasteiger partial charge in [-0.2, -0.15) is 4.31 Å². The molecule has 2 aromatic carbocycles. The Kier molecular flexibility index (Phi) is 6.39. The molecule has 1 heterocycles. The average molecular weight is 389 g/mol. The summed E-state index contributed by atoms with van der Waals surface area (Å²) < 4.78 is 33.2. The summed E-state index contributed by atoms with van der Waals surface area (Å²) in [5.74, 6) is 0.850. The van der Waals surface area contributed by atoms with E-state index in [2.05, 4.69) is 11.8 Å². The number of piperazine rings is 1. The van der Waals surface area contributed by atoms with E-state index in [1.54, 1.807) is 16.4 Å². The number of rotatable bonds is 7. The number of anilines is 1. The molecule has 1 fully saturated rings. The van der Waals surface area contributed by atoms with Crippen LogP contribution >= 0.6 is 0 Å². The summed E-state index contributed by atoms with van der Waals surface area (Å²) in [5.41, 5.74) is 2.20. The quantitative estimate of drug-likeness (QED) is 0.728. The second-order valence-electron chi connectivity index (χ2n) is 6.69. The minimum absolute atomic E-state index is 0.380. The number of ether oxygens (including phenoxy) is 1. The van der Waals surface area contributed by atoms with Gasteiger partial charge in [-0.25, -0.2) is 8.42 Å². The zero-order chi connectivity index (χ0) is 19.3. The smallest absolute Gasteiger partial charge is 0.243 e. The minimum atomic E-state index is -3.44. The van der Waals surface area contributed by atoms with Gasteiger partial charge in [0.05, 0.1) is 17.2 Å². The summed E-state index contributed by atoms with van der Waals surface area (Å²) in [6.07, 6.45) is 2.02. The van der Waals surface area contributed by atoms with Crippen LogP contribution in [-0.4, -0.2) is 45.5 Å². The molecule has 6 heteroatoms. The van der Waals surface area contributed by atoms with Crippen LogP contribution in [0.5, 0.6) is 5.75 Å². The monoisotopic (exact) mass is 388 g/mol. The van der Waals surface area contributed by atoms with Crippen molar-refractivity contribution < 1.29 is 13.2 Å². The van der Waals surface area contributed by atoms with Crippen LogP contribution < -0.4 is 9.64 Å². The third-order valence-corrected chi connectivity index (χ3v) is 6.76. The zero-order valence-corrected chi connectivity index (χ0v) is 16.9. The normalized spacial score (nSPS) is 15.7. The van der Waals surface area contributed by atoms with E-state index in [4.69, 9.17) is 4.74 Å². The predicted octanol–water partition coefficient (Wildman–Crippen LogP) is 3.55. The first-order chi connectivity index (χ1) is 13.1. The van der Waals surface area contributed by atoms with Gasteiger partial charge in [0.1, 0.15) is 5.75 Å². The van der Waals surface area contributed by atoms with Crippen molar-refractivity contribution in [2.24, 2.45) is 0 Å². The van der Waals surface area contributed by atoms with E-state index in [1.807, 2.05) is 43.3 Å². The van der Waals surface area contributed by atoms with Gasteiger partial charge in [-0.15, -0.1) is 0 Å². The van der Waals surface area contributed by atoms with Gasteiger partial charge in [-0.1, -0.05) is 37.6 Å². The molecule has 0 bridgehead atoms. The highest BCUT2D eigenvalue weighted by atomic mass is 32.2. The number of benzene rings is 2. The van der Waals surface area contributed by atoms with Crippen molar-refractivity contribution in [2.75, 3.05) is 37.7 Å². The maximum Gasteiger partial charge on any atom is 0.243 e. The van der Waals surface area contributed by atoms with Crippen LogP contribution in [0.1, 0.15) is 25.8 Å². The summed E-state index contributed by atoms with van der Waals surface area (Å²) in [6, 6.07) is 15.2. The molecule has 1 aliphatic heterocycles. The number of sulfonamides is 1. The van der Waals surface area contributed by atoms with Gasteiger partial charge in [0.25, 0.3) is 0 Å². The van der Waals surface area contributed by atoms with Crippen molar-refractivity contribution in [1.82, 2.24) is 4.31 Å². The Labute approximate surface area is 162 Å². The van der Waals surface area contributed by atoms with E-state index in [9.17, 15) is 8.42 Å². The molecule has 146 valence electrons. The highest BCUT2D eigenvalue weighted by Crippen LogP contribution is 2.29. The lowest BCUT2D eigenvalue weighted by Crippen LogP contribution is -2.48. The molecular weight excluding hydrogens is 360 g/mol. The molecule has 2 aromatic rings. The van der Waals surface area contributed by atoms with Crippen molar-refractivity contribution in [3.05, 3.63) is 54.1 Å². The third-order valence-electron chi connectivity index (χ3n) is 4.84. The molecule has 1 aliphatic rings. The molecule has 1 saturated heterocycles. The third kappa shape index (κ3) is 4.45. The first-order valence-corrected chi connectivity index (χ1v) is 11.1. The Hall–Kier alpha value is -2.05. The van der Waals surface area contributed by atoms with E-state index in [1.165, 1.54) is 5.56 Å². The lowest BCUT2D eigenvalue weighted by atomic mass is 10.1. The van der Waals surface area contributed by atoms with Gasteiger partial charge in [0.2, 0.25) is 10.0 Å². The maximum atomic E-state index is 13.0. The lowest BCUT2D eigenvalue weighted by Gasteiger charge is -2.36. The van der Waals surface area contributed by atoms with Crippen molar-refractivity contribution >= 4 is 15.7 Å². The summed E-state index contributed by atoms with van der Waals surface area (Å²) in [6.45, 7) is 6.94. The molecule has 0 aliphatic carbocycles. The number of hydrogen-bond donors (Lipinski definition) is 0. The van der Waals surface area contributed by atoms with Crippen LogP contribution in [0.15, 0.2) is 53.4 Å². The Bertz CT molecular complexity index is 842. The van der Waals surface area contributed by atoms with Crippen LogP contribution in [0.2, 0.25) is 0 Å². The molecule has 0 N–H and O–H groups in total. The maximum absolute atomic E-state index is 13.0. The van der Waals surface area contributed by atoms with Gasteiger partial charge in [-0.05, 0) is 43.2 Å². The fourth-order valence-corrected chi connectivity index (χ4v) is 4.85. The molecule has 27 heavy (non-hydrogen) atoms. The molecule has 3 rings (SSSR count). The van der Waals surface area contributed by atoms with Crippen LogP contribution in [0.3, 0.4) is 0 Å². The second kappa shape index (κ2) is 8.76. The molecular formula is C21H28N2O3S. The summed E-state index contributed by atoms with van der Waals surface area (Å²) in [5, 5.41) is 0. The zero-order valence-electron chi connectivity index (χ0n) is 16.1. The highest BCUT2D eigenvalue weighted by Gasteiger charge is 2.29. The topological polar surface area (TPSA) is 49.9 Å². The van der Waals surface area contributed by atoms with Crippen LogP contribution in [0.4, 0.5) is 5.69 Å². The van der Waals surface area contributed by atoms with Gasteiger partial charge < -0.3 is 9.64 Å². The number of para-hydroxylation sites is 2. The molecule has 0 spiro atoms. The Morgan fingerprint density at radius 1 is 0.926 bits per heavy atom. The number of aryl methyl sites for hydroxylation is 1. The number of nitrogens with zero attached hydrogens (tertiary/aromatic N) is 2. The van der Waals surface area contributed by atoms with Crippen molar-refractivity contribution in [2.45, 2.75) is 31.6 Å². The summed E-state index contributed by atoms with van der Waals surface area (Å²) in [4.78, 5) is 2.58. The second-order valence-corrected chi connectivity index (χ2v) is 8.62. The minimum Gasteiger partial charge on any atom is -0.492 e. The van der Waals surface area contributed by atoms with E-state index >= 15 is 0 Å². The fraction of sp³-hybridized carbons (Fsp3) is 0.429. The summed E-state index contributed by atoms with van der Waals surface area (Å²) in [7, 11) is -3.44. The Morgan fingerprint density at radius 2 is 1.59 bits per heavy atom. The largest absolute Gasteiger partial charge is 0.492 e. The summed E-state index contributed by atoms with van der Waals surface area (Å²) >= 11 is 0. The van der Waals surface area contributed by atoms with Gasteiger partial charge in [0, 0.05) is 26.2 Å². The SMILES string of the molecule is CCCc1ccc(S(=O)(=O)N2CCN(c3ccccc3OCC)CC2)cc1. The van der Waals surface area contributed by atoms with Crippen LogP contribution in [0, 0.1) is 0 Å². The van der Waals surface area contributed by atoms with E-state index in [-0.39, 0.29) is 0 Å². The predicted molar refractivity (Wildman–Crippen MR) is 109 cm³/mol. The number of hydrogen-bond acceptors (Lipinski definition) is 4. The van der Waals surface area contributed by atoms with E-state index in [0.29, 0.717) is 37.7 Å². The Balaban J connectivity index is 1.69. The first-order valence-electron chi connectivity index (χ1n) is 9.62. The van der Waals surface area contributed by atoms with Crippen LogP contribution in [0.25, 0.3) is 0 Å². The molecule has 5 nitrogen and oxygen atoms in total. The standard InChI is InChI=1S/C21H28N2O3S/c1-3-7-18-10-12-19(13-11-18)27(24,25)23-16-14-22(15-17-23)20-8-5-6-9-21(20)26-4-2/h5-6,8-13H,3-4,7,14-17H2,1-2H3. The van der Waals surface area contributed by atoms with E-state index < -0.39 is 10.0 Å².